The van der Waals surface area contributed by atoms with Crippen molar-refractivity contribution in [2.24, 2.45) is 39.5 Å². The molecule has 0 radical (unpaired) electrons. The van der Waals surface area contributed by atoms with E-state index in [9.17, 15) is 5.11 Å². The fourth-order valence-electron chi connectivity index (χ4n) is 6.64. The molecule has 0 heterocycles. The van der Waals surface area contributed by atoms with Crippen LogP contribution in [0.1, 0.15) is 65.2 Å². The molecule has 3 unspecified atom stereocenters. The van der Waals surface area contributed by atoms with Crippen molar-refractivity contribution >= 4 is 5.71 Å². The molecule has 0 aromatic rings. The molecule has 0 aromatic carbocycles. The van der Waals surface area contributed by atoms with E-state index < -0.39 is 0 Å². The van der Waals surface area contributed by atoms with Gasteiger partial charge in [-0.25, -0.2) is 0 Å². The molecule has 122 valence electrons. The largest absolute Gasteiger partial charge is 0.393 e. The van der Waals surface area contributed by atoms with Crippen molar-refractivity contribution in [1.82, 2.24) is 0 Å². The topological polar surface area (TPSA) is 58.6 Å². The van der Waals surface area contributed by atoms with Gasteiger partial charge in [0.1, 0.15) is 0 Å². The van der Waals surface area contributed by atoms with Crippen molar-refractivity contribution in [2.75, 3.05) is 0 Å². The van der Waals surface area contributed by atoms with Gasteiger partial charge in [0.2, 0.25) is 0 Å². The molecule has 3 nitrogen and oxygen atoms in total. The van der Waals surface area contributed by atoms with Crippen LogP contribution in [0.25, 0.3) is 0 Å². The molecule has 3 fully saturated rings. The number of rotatable bonds is 0. The summed E-state index contributed by atoms with van der Waals surface area (Å²) in [6, 6.07) is 0. The summed E-state index contributed by atoms with van der Waals surface area (Å²) in [7, 11) is 0. The lowest BCUT2D eigenvalue weighted by molar-refractivity contribution is -0.0209. The molecule has 4 aliphatic rings. The molecule has 0 bridgehead atoms. The highest BCUT2D eigenvalue weighted by molar-refractivity contribution is 5.92. The van der Waals surface area contributed by atoms with Gasteiger partial charge >= 0.3 is 0 Å². The molecule has 3 heteroatoms. The van der Waals surface area contributed by atoms with Crippen LogP contribution in [0.4, 0.5) is 0 Å². The van der Waals surface area contributed by atoms with Gasteiger partial charge in [-0.3, -0.25) is 0 Å². The van der Waals surface area contributed by atoms with E-state index in [0.29, 0.717) is 5.41 Å². The minimum Gasteiger partial charge on any atom is -0.393 e. The normalized spacial score (nSPS) is 52.7. The Balaban J connectivity index is 1.69. The first kappa shape index (κ1) is 14.7. The number of allylic oxidation sites excluding steroid dienone is 1. The van der Waals surface area contributed by atoms with Crippen molar-refractivity contribution in [3.8, 4) is 0 Å². The number of aliphatic hydroxyl groups is 1. The van der Waals surface area contributed by atoms with E-state index in [2.05, 4.69) is 25.0 Å². The Bertz CT molecular complexity index is 540. The highest BCUT2D eigenvalue weighted by atomic mass is 16.3. The molecule has 6 atom stereocenters. The second-order valence-electron chi connectivity index (χ2n) is 8.73. The maximum Gasteiger partial charge on any atom is 0.0577 e. The van der Waals surface area contributed by atoms with Gasteiger partial charge < -0.3 is 10.9 Å². The molecule has 22 heavy (non-hydrogen) atoms. The third-order valence-corrected chi connectivity index (χ3v) is 7.97. The number of aliphatic hydroxyl groups excluding tert-OH is 1. The Hall–Kier alpha value is -0.830. The number of fused-ring (bicyclic) bond motifs is 5. The summed E-state index contributed by atoms with van der Waals surface area (Å²) in [6.45, 7) is 4.90. The third-order valence-electron chi connectivity index (χ3n) is 7.97. The van der Waals surface area contributed by atoms with Crippen molar-refractivity contribution < 1.29 is 5.11 Å². The van der Waals surface area contributed by atoms with Crippen LogP contribution in [-0.4, -0.2) is 16.9 Å². The van der Waals surface area contributed by atoms with Crippen molar-refractivity contribution in [3.05, 3.63) is 11.6 Å². The molecule has 4 rings (SSSR count). The summed E-state index contributed by atoms with van der Waals surface area (Å²) < 4.78 is 0. The zero-order chi connectivity index (χ0) is 15.5. The van der Waals surface area contributed by atoms with Crippen LogP contribution < -0.4 is 5.84 Å². The quantitative estimate of drug-likeness (QED) is 0.408. The molecule has 4 aliphatic carbocycles. The first-order chi connectivity index (χ1) is 10.5. The number of hydrogen-bond donors (Lipinski definition) is 2. The van der Waals surface area contributed by atoms with E-state index in [1.807, 2.05) is 0 Å². The summed E-state index contributed by atoms with van der Waals surface area (Å²) >= 11 is 0. The summed E-state index contributed by atoms with van der Waals surface area (Å²) in [5.74, 6) is 8.04. The van der Waals surface area contributed by atoms with Crippen LogP contribution in [0, 0.1) is 28.6 Å². The Morgan fingerprint density at radius 1 is 1.14 bits per heavy atom. The summed E-state index contributed by atoms with van der Waals surface area (Å²) in [5, 5.41) is 14.2. The summed E-state index contributed by atoms with van der Waals surface area (Å²) in [5.41, 5.74) is 3.43. The highest BCUT2D eigenvalue weighted by Gasteiger charge is 2.57. The van der Waals surface area contributed by atoms with E-state index in [1.54, 1.807) is 5.57 Å². The first-order valence-corrected chi connectivity index (χ1v) is 9.14. The van der Waals surface area contributed by atoms with Gasteiger partial charge in [0.25, 0.3) is 0 Å². The van der Waals surface area contributed by atoms with Crippen molar-refractivity contribution in [3.63, 3.8) is 0 Å². The SMILES string of the molecule is C[C@]12CC[C@H](O)CC1=CCC1C2CC[C@]2(C)C(=NN)CCC12. The first-order valence-electron chi connectivity index (χ1n) is 9.14. The molecule has 0 amide bonds. The van der Waals surface area contributed by atoms with E-state index in [-0.39, 0.29) is 11.5 Å². The average Bonchev–Trinajstić information content (AvgIpc) is 2.84. The lowest BCUT2D eigenvalue weighted by atomic mass is 9.48. The van der Waals surface area contributed by atoms with Crippen LogP contribution in [0.2, 0.25) is 0 Å². The smallest absolute Gasteiger partial charge is 0.0577 e. The minimum atomic E-state index is -0.104. The monoisotopic (exact) mass is 302 g/mol. The minimum absolute atomic E-state index is 0.104. The predicted molar refractivity (Wildman–Crippen MR) is 89.3 cm³/mol. The van der Waals surface area contributed by atoms with Crippen LogP contribution in [-0.2, 0) is 0 Å². The maximum absolute atomic E-state index is 10.0. The van der Waals surface area contributed by atoms with Gasteiger partial charge in [-0.1, -0.05) is 25.5 Å². The molecule has 0 aromatic heterocycles. The molecular formula is C19H30N2O. The Morgan fingerprint density at radius 2 is 1.86 bits per heavy atom. The second-order valence-corrected chi connectivity index (χ2v) is 8.73. The average molecular weight is 302 g/mol. The Morgan fingerprint density at radius 3 is 2.64 bits per heavy atom. The van der Waals surface area contributed by atoms with E-state index in [0.717, 1.165) is 37.0 Å². The van der Waals surface area contributed by atoms with Crippen LogP contribution in [0.15, 0.2) is 16.8 Å². The van der Waals surface area contributed by atoms with Crippen LogP contribution in [0.3, 0.4) is 0 Å². The number of nitrogens with two attached hydrogens (primary N) is 1. The Labute approximate surface area is 134 Å². The molecule has 0 spiro atoms. The van der Waals surface area contributed by atoms with E-state index in [1.165, 1.54) is 37.8 Å². The van der Waals surface area contributed by atoms with Gasteiger partial charge in [-0.15, -0.1) is 0 Å². The van der Waals surface area contributed by atoms with Gasteiger partial charge in [-0.2, -0.15) is 5.10 Å². The zero-order valence-electron chi connectivity index (χ0n) is 14.0. The van der Waals surface area contributed by atoms with Crippen LogP contribution >= 0.6 is 0 Å². The standard InChI is InChI=1S/C19H30N2O/c1-18-9-7-13(22)11-12(18)3-4-14-15-5-6-17(21-20)19(15,2)10-8-16(14)18/h3,13-16,22H,4-11,20H2,1-2H3/t13-,14?,15?,16?,18-,19-/m0/s1. The van der Waals surface area contributed by atoms with Crippen molar-refractivity contribution in [2.45, 2.75) is 71.3 Å². The highest BCUT2D eigenvalue weighted by Crippen LogP contribution is 2.64. The van der Waals surface area contributed by atoms with Crippen LogP contribution in [0.5, 0.6) is 0 Å². The summed E-state index contributed by atoms with van der Waals surface area (Å²) in [6.07, 6.45) is 11.6. The van der Waals surface area contributed by atoms with Gasteiger partial charge in [0.15, 0.2) is 0 Å². The molecule has 3 saturated carbocycles. The number of hydrazone groups is 1. The van der Waals surface area contributed by atoms with Gasteiger partial charge in [0, 0.05) is 11.1 Å². The molecule has 0 saturated heterocycles. The number of hydrogen-bond acceptors (Lipinski definition) is 3. The molecule has 3 N–H and O–H groups in total. The van der Waals surface area contributed by atoms with E-state index in [4.69, 9.17) is 5.84 Å². The fourth-order valence-corrected chi connectivity index (χ4v) is 6.64. The Kier molecular flexibility index (Phi) is 3.24. The van der Waals surface area contributed by atoms with Crippen molar-refractivity contribution in [1.29, 1.82) is 0 Å². The molecule has 0 aliphatic heterocycles. The lowest BCUT2D eigenvalue weighted by Crippen LogP contribution is -2.50. The lowest BCUT2D eigenvalue weighted by Gasteiger charge is -2.57. The zero-order valence-corrected chi connectivity index (χ0v) is 14.0. The second kappa shape index (κ2) is 4.83. The number of nitrogens with zero attached hydrogens (tertiary/aromatic N) is 1. The predicted octanol–water partition coefficient (Wildman–Crippen LogP) is 3.62. The van der Waals surface area contributed by atoms with Gasteiger partial charge in [-0.05, 0) is 74.5 Å². The van der Waals surface area contributed by atoms with E-state index >= 15 is 0 Å². The molecular weight excluding hydrogens is 272 g/mol. The fraction of sp³-hybridized carbons (Fsp3) is 0.842. The third kappa shape index (κ3) is 1.81. The van der Waals surface area contributed by atoms with Gasteiger partial charge in [0.05, 0.1) is 6.10 Å². The summed E-state index contributed by atoms with van der Waals surface area (Å²) in [4.78, 5) is 0. The maximum atomic E-state index is 10.0.